The molecule has 4 heteroatoms. The van der Waals surface area contributed by atoms with Crippen molar-refractivity contribution in [1.29, 1.82) is 0 Å². The molecule has 0 radical (unpaired) electrons. The van der Waals surface area contributed by atoms with Gasteiger partial charge in [-0.05, 0) is 18.8 Å². The van der Waals surface area contributed by atoms with Crippen molar-refractivity contribution in [2.45, 2.75) is 32.2 Å². The molecule has 0 aromatic rings. The normalized spacial score (nSPS) is 23.9. The zero-order chi connectivity index (χ0) is 11.3. The monoisotopic (exact) mass is 214 g/mol. The number of hydrogen-bond acceptors (Lipinski definition) is 3. The Morgan fingerprint density at radius 1 is 1.67 bits per heavy atom. The second-order valence-electron chi connectivity index (χ2n) is 4.51. The van der Waals surface area contributed by atoms with Crippen LogP contribution in [0.2, 0.25) is 0 Å². The van der Waals surface area contributed by atoms with E-state index in [0.29, 0.717) is 18.9 Å². The number of carbonyl (C=O) groups is 1. The highest BCUT2D eigenvalue weighted by atomic mass is 16.5. The third kappa shape index (κ3) is 4.18. The molecule has 15 heavy (non-hydrogen) atoms. The van der Waals surface area contributed by atoms with Gasteiger partial charge in [0, 0.05) is 39.3 Å². The topological polar surface area (TPSA) is 55.6 Å². The van der Waals surface area contributed by atoms with Crippen molar-refractivity contribution in [3.8, 4) is 0 Å². The molecule has 4 nitrogen and oxygen atoms in total. The highest BCUT2D eigenvalue weighted by Crippen LogP contribution is 2.12. The lowest BCUT2D eigenvalue weighted by atomic mass is 10.0. The van der Waals surface area contributed by atoms with Gasteiger partial charge in [-0.15, -0.1) is 0 Å². The summed E-state index contributed by atoms with van der Waals surface area (Å²) in [5, 5.41) is 0. The lowest BCUT2D eigenvalue weighted by molar-refractivity contribution is -0.133. The van der Waals surface area contributed by atoms with Crippen LogP contribution < -0.4 is 5.73 Å². The van der Waals surface area contributed by atoms with Crippen molar-refractivity contribution in [2.24, 2.45) is 11.7 Å². The van der Waals surface area contributed by atoms with E-state index in [1.165, 1.54) is 0 Å². The molecule has 1 fully saturated rings. The predicted molar refractivity (Wildman–Crippen MR) is 59.4 cm³/mol. The highest BCUT2D eigenvalue weighted by Gasteiger charge is 2.22. The van der Waals surface area contributed by atoms with Gasteiger partial charge in [-0.25, -0.2) is 0 Å². The number of nitrogens with two attached hydrogens (primary N) is 1. The molecule has 2 N–H and O–H groups in total. The lowest BCUT2D eigenvalue weighted by Gasteiger charge is -2.31. The largest absolute Gasteiger partial charge is 0.384 e. The molecule has 1 rings (SSSR count). The molecule has 88 valence electrons. The van der Waals surface area contributed by atoms with Crippen molar-refractivity contribution in [3.05, 3.63) is 0 Å². The van der Waals surface area contributed by atoms with Gasteiger partial charge in [0.05, 0.1) is 0 Å². The summed E-state index contributed by atoms with van der Waals surface area (Å²) in [5.41, 5.74) is 5.83. The molecule has 1 heterocycles. The molecule has 1 unspecified atom stereocenters. The van der Waals surface area contributed by atoms with E-state index in [0.717, 1.165) is 25.9 Å². The molecule has 1 aliphatic rings. The zero-order valence-corrected chi connectivity index (χ0v) is 9.74. The molecule has 0 aromatic carbocycles. The Hall–Kier alpha value is -0.610. The van der Waals surface area contributed by atoms with Gasteiger partial charge in [0.2, 0.25) is 5.91 Å². The van der Waals surface area contributed by atoms with E-state index in [1.54, 1.807) is 7.11 Å². The first kappa shape index (κ1) is 12.5. The van der Waals surface area contributed by atoms with Crippen molar-refractivity contribution in [2.75, 3.05) is 26.8 Å². The zero-order valence-electron chi connectivity index (χ0n) is 9.74. The number of carbonyl (C=O) groups excluding carboxylic acids is 1. The molecule has 1 amide bonds. The van der Waals surface area contributed by atoms with Gasteiger partial charge in [0.1, 0.15) is 0 Å². The van der Waals surface area contributed by atoms with Gasteiger partial charge in [-0.1, -0.05) is 6.92 Å². The first-order chi connectivity index (χ1) is 7.13. The van der Waals surface area contributed by atoms with Crippen molar-refractivity contribution in [1.82, 2.24) is 4.90 Å². The van der Waals surface area contributed by atoms with Gasteiger partial charge >= 0.3 is 0 Å². The van der Waals surface area contributed by atoms with Crippen molar-refractivity contribution < 1.29 is 9.53 Å². The highest BCUT2D eigenvalue weighted by molar-refractivity contribution is 5.76. The molecular weight excluding hydrogens is 192 g/mol. The van der Waals surface area contributed by atoms with Crippen molar-refractivity contribution >= 4 is 5.91 Å². The average molecular weight is 214 g/mol. The van der Waals surface area contributed by atoms with Crippen LogP contribution in [0.5, 0.6) is 0 Å². The number of rotatable bonds is 4. The molecule has 0 aromatic heterocycles. The van der Waals surface area contributed by atoms with E-state index in [-0.39, 0.29) is 11.9 Å². The van der Waals surface area contributed by atoms with Crippen LogP contribution in [0.4, 0.5) is 0 Å². The first-order valence-electron chi connectivity index (χ1n) is 5.65. The minimum absolute atomic E-state index is 0.167. The molecule has 0 spiro atoms. The van der Waals surface area contributed by atoms with Crippen LogP contribution in [-0.4, -0.2) is 43.7 Å². The fourth-order valence-corrected chi connectivity index (χ4v) is 2.01. The predicted octanol–water partition coefficient (Wildman–Crippen LogP) is 0.609. The number of nitrogens with zero attached hydrogens (tertiary/aromatic N) is 1. The third-order valence-electron chi connectivity index (χ3n) is 2.78. The minimum atomic E-state index is 0.167. The SMILES string of the molecule is COCC(C)CC(=O)N1CCC[C@@H](N)C1. The summed E-state index contributed by atoms with van der Waals surface area (Å²) < 4.78 is 5.02. The summed E-state index contributed by atoms with van der Waals surface area (Å²) in [5.74, 6) is 0.510. The Labute approximate surface area is 91.8 Å². The number of piperidine rings is 1. The fourth-order valence-electron chi connectivity index (χ4n) is 2.01. The Balaban J connectivity index is 2.32. The van der Waals surface area contributed by atoms with E-state index in [4.69, 9.17) is 10.5 Å². The summed E-state index contributed by atoms with van der Waals surface area (Å²) >= 11 is 0. The van der Waals surface area contributed by atoms with Crippen LogP contribution >= 0.6 is 0 Å². The third-order valence-corrected chi connectivity index (χ3v) is 2.78. The number of hydrogen-bond donors (Lipinski definition) is 1. The van der Waals surface area contributed by atoms with Crippen LogP contribution in [-0.2, 0) is 9.53 Å². The quantitative estimate of drug-likeness (QED) is 0.746. The number of methoxy groups -OCH3 is 1. The van der Waals surface area contributed by atoms with E-state index in [9.17, 15) is 4.79 Å². The van der Waals surface area contributed by atoms with Crippen LogP contribution in [0.1, 0.15) is 26.2 Å². The van der Waals surface area contributed by atoms with E-state index >= 15 is 0 Å². The maximum atomic E-state index is 11.8. The maximum Gasteiger partial charge on any atom is 0.222 e. The number of likely N-dealkylation sites (tertiary alicyclic amines) is 1. The van der Waals surface area contributed by atoms with Gasteiger partial charge in [-0.2, -0.15) is 0 Å². The summed E-state index contributed by atoms with van der Waals surface area (Å²) in [6, 6.07) is 0.167. The summed E-state index contributed by atoms with van der Waals surface area (Å²) in [6.45, 7) is 4.27. The van der Waals surface area contributed by atoms with E-state index in [1.807, 2.05) is 11.8 Å². The maximum absolute atomic E-state index is 11.8. The molecule has 1 aliphatic heterocycles. The minimum Gasteiger partial charge on any atom is -0.384 e. The molecule has 1 saturated heterocycles. The van der Waals surface area contributed by atoms with E-state index < -0.39 is 0 Å². The van der Waals surface area contributed by atoms with Crippen molar-refractivity contribution in [3.63, 3.8) is 0 Å². The number of ether oxygens (including phenoxy) is 1. The second-order valence-corrected chi connectivity index (χ2v) is 4.51. The number of amides is 1. The molecule has 2 atom stereocenters. The molecule has 0 aliphatic carbocycles. The average Bonchev–Trinajstić information content (AvgIpc) is 2.18. The lowest BCUT2D eigenvalue weighted by Crippen LogP contribution is -2.46. The molecule has 0 bridgehead atoms. The Bertz CT molecular complexity index is 209. The van der Waals surface area contributed by atoms with Crippen LogP contribution in [0.25, 0.3) is 0 Å². The second kappa shape index (κ2) is 6.08. The van der Waals surface area contributed by atoms with Crippen LogP contribution in [0.15, 0.2) is 0 Å². The summed E-state index contributed by atoms with van der Waals surface area (Å²) in [6.07, 6.45) is 2.64. The summed E-state index contributed by atoms with van der Waals surface area (Å²) in [4.78, 5) is 13.7. The standard InChI is InChI=1S/C11H22N2O2/c1-9(8-15-2)6-11(14)13-5-3-4-10(12)7-13/h9-10H,3-8,12H2,1-2H3/t9?,10-/m1/s1. The Morgan fingerprint density at radius 2 is 2.40 bits per heavy atom. The molecule has 0 saturated carbocycles. The van der Waals surface area contributed by atoms with E-state index in [2.05, 4.69) is 0 Å². The molecular formula is C11H22N2O2. The van der Waals surface area contributed by atoms with Crippen LogP contribution in [0.3, 0.4) is 0 Å². The Morgan fingerprint density at radius 3 is 3.00 bits per heavy atom. The van der Waals surface area contributed by atoms with Gasteiger partial charge in [-0.3, -0.25) is 4.79 Å². The first-order valence-corrected chi connectivity index (χ1v) is 5.65. The van der Waals surface area contributed by atoms with Gasteiger partial charge in [0.25, 0.3) is 0 Å². The Kier molecular flexibility index (Phi) is 5.05. The van der Waals surface area contributed by atoms with Gasteiger partial charge < -0.3 is 15.4 Å². The smallest absolute Gasteiger partial charge is 0.222 e. The fraction of sp³-hybridized carbons (Fsp3) is 0.909. The summed E-state index contributed by atoms with van der Waals surface area (Å²) in [7, 11) is 1.66. The van der Waals surface area contributed by atoms with Gasteiger partial charge in [0.15, 0.2) is 0 Å². The van der Waals surface area contributed by atoms with Crippen LogP contribution in [0, 0.1) is 5.92 Å².